The average Bonchev–Trinajstić information content (AvgIpc) is 3.18. The van der Waals surface area contributed by atoms with Gasteiger partial charge in [-0.15, -0.1) is 0 Å². The lowest BCUT2D eigenvalue weighted by atomic mass is 10.1. The molecule has 4 rings (SSSR count). The van der Waals surface area contributed by atoms with E-state index < -0.39 is 0 Å². The Morgan fingerprint density at radius 2 is 1.30 bits per heavy atom. The Labute approximate surface area is 162 Å². The minimum absolute atomic E-state index is 0.175. The van der Waals surface area contributed by atoms with Crippen LogP contribution >= 0.6 is 0 Å². The summed E-state index contributed by atoms with van der Waals surface area (Å²) in [5.41, 5.74) is 2.68. The molecule has 2 aliphatic rings. The monoisotopic (exact) mass is 363 g/mol. The van der Waals surface area contributed by atoms with Crippen LogP contribution in [-0.4, -0.2) is 59.9 Å². The van der Waals surface area contributed by atoms with Gasteiger partial charge < -0.3 is 4.90 Å². The van der Waals surface area contributed by atoms with Crippen LogP contribution in [0.25, 0.3) is 0 Å². The topological polar surface area (TPSA) is 26.8 Å². The van der Waals surface area contributed by atoms with Gasteiger partial charge in [0.2, 0.25) is 5.91 Å². The van der Waals surface area contributed by atoms with E-state index in [1.807, 2.05) is 0 Å². The number of hydrogen-bond donors (Lipinski definition) is 0. The fourth-order valence-electron chi connectivity index (χ4n) is 4.25. The van der Waals surface area contributed by atoms with Gasteiger partial charge in [-0.3, -0.25) is 14.6 Å². The molecule has 0 spiro atoms. The van der Waals surface area contributed by atoms with Gasteiger partial charge in [0.25, 0.3) is 0 Å². The van der Waals surface area contributed by atoms with Gasteiger partial charge in [-0.05, 0) is 24.1 Å². The van der Waals surface area contributed by atoms with E-state index in [0.717, 1.165) is 58.8 Å². The van der Waals surface area contributed by atoms with E-state index in [0.29, 0.717) is 5.91 Å². The summed E-state index contributed by atoms with van der Waals surface area (Å²) in [6.07, 6.45) is 0.996. The van der Waals surface area contributed by atoms with Crippen molar-refractivity contribution in [3.63, 3.8) is 0 Å². The van der Waals surface area contributed by atoms with Crippen LogP contribution in [0.15, 0.2) is 60.7 Å². The number of rotatable bonds is 5. The largest absolute Gasteiger partial charge is 0.340 e. The van der Waals surface area contributed by atoms with Gasteiger partial charge in [-0.2, -0.15) is 0 Å². The molecule has 1 amide bonds. The molecule has 0 bridgehead atoms. The first-order chi connectivity index (χ1) is 13.3. The summed E-state index contributed by atoms with van der Waals surface area (Å²) < 4.78 is 0. The Morgan fingerprint density at radius 3 is 1.89 bits per heavy atom. The Hall–Kier alpha value is -2.17. The predicted molar refractivity (Wildman–Crippen MR) is 108 cm³/mol. The maximum Gasteiger partial charge on any atom is 0.227 e. The first kappa shape index (κ1) is 18.2. The summed E-state index contributed by atoms with van der Waals surface area (Å²) >= 11 is 0. The van der Waals surface area contributed by atoms with Crippen LogP contribution in [-0.2, 0) is 17.9 Å². The number of carbonyl (C=O) groups is 1. The van der Waals surface area contributed by atoms with Crippen LogP contribution in [0.3, 0.4) is 0 Å². The van der Waals surface area contributed by atoms with Gasteiger partial charge in [0, 0.05) is 45.8 Å². The number of likely N-dealkylation sites (tertiary alicyclic amines) is 1. The predicted octanol–water partition coefficient (Wildman–Crippen LogP) is 2.85. The molecular formula is C23H29N3O. The number of amides is 1. The SMILES string of the molecule is O=C(C1CCN(Cc2ccccc2)C1)N1CCN(Cc2ccccc2)CC1. The van der Waals surface area contributed by atoms with Crippen molar-refractivity contribution in [3.8, 4) is 0 Å². The molecule has 2 heterocycles. The van der Waals surface area contributed by atoms with Crippen molar-refractivity contribution >= 4 is 5.91 Å². The third-order valence-electron chi connectivity index (χ3n) is 5.80. The molecule has 2 fully saturated rings. The number of benzene rings is 2. The van der Waals surface area contributed by atoms with Gasteiger partial charge in [-0.1, -0.05) is 60.7 Å². The highest BCUT2D eigenvalue weighted by Gasteiger charge is 2.32. The van der Waals surface area contributed by atoms with E-state index in [1.165, 1.54) is 11.1 Å². The van der Waals surface area contributed by atoms with Gasteiger partial charge >= 0.3 is 0 Å². The highest BCUT2D eigenvalue weighted by molar-refractivity contribution is 5.79. The fraction of sp³-hybridized carbons (Fsp3) is 0.435. The summed E-state index contributed by atoms with van der Waals surface area (Å²) in [5, 5.41) is 0. The van der Waals surface area contributed by atoms with Crippen LogP contribution < -0.4 is 0 Å². The van der Waals surface area contributed by atoms with E-state index in [-0.39, 0.29) is 5.92 Å². The van der Waals surface area contributed by atoms with Crippen molar-refractivity contribution in [2.24, 2.45) is 5.92 Å². The molecule has 2 aromatic carbocycles. The third kappa shape index (κ3) is 4.76. The molecular weight excluding hydrogens is 334 g/mol. The summed E-state index contributed by atoms with van der Waals surface area (Å²) in [6, 6.07) is 21.2. The highest BCUT2D eigenvalue weighted by atomic mass is 16.2. The van der Waals surface area contributed by atoms with Gasteiger partial charge in [0.1, 0.15) is 0 Å². The van der Waals surface area contributed by atoms with Crippen molar-refractivity contribution in [2.75, 3.05) is 39.3 Å². The van der Waals surface area contributed by atoms with Gasteiger partial charge in [-0.25, -0.2) is 0 Å². The zero-order valence-corrected chi connectivity index (χ0v) is 16.0. The number of hydrogen-bond acceptors (Lipinski definition) is 3. The average molecular weight is 364 g/mol. The van der Waals surface area contributed by atoms with Crippen LogP contribution in [0, 0.1) is 5.92 Å². The molecule has 142 valence electrons. The summed E-state index contributed by atoms with van der Waals surface area (Å²) in [4.78, 5) is 19.9. The summed E-state index contributed by atoms with van der Waals surface area (Å²) in [7, 11) is 0. The molecule has 0 N–H and O–H groups in total. The Balaban J connectivity index is 1.24. The van der Waals surface area contributed by atoms with E-state index in [1.54, 1.807) is 0 Å². The molecule has 1 atom stereocenters. The second kappa shape index (κ2) is 8.68. The summed E-state index contributed by atoms with van der Waals surface area (Å²) in [6.45, 7) is 7.54. The number of carbonyl (C=O) groups excluding carboxylic acids is 1. The molecule has 1 unspecified atom stereocenters. The lowest BCUT2D eigenvalue weighted by Gasteiger charge is -2.36. The quantitative estimate of drug-likeness (QED) is 0.817. The molecule has 2 aliphatic heterocycles. The molecule has 4 nitrogen and oxygen atoms in total. The van der Waals surface area contributed by atoms with Gasteiger partial charge in [0.15, 0.2) is 0 Å². The van der Waals surface area contributed by atoms with Crippen molar-refractivity contribution < 1.29 is 4.79 Å². The normalized spacial score (nSPS) is 21.5. The van der Waals surface area contributed by atoms with Crippen LogP contribution in [0.5, 0.6) is 0 Å². The maximum absolute atomic E-state index is 12.9. The minimum Gasteiger partial charge on any atom is -0.340 e. The van der Waals surface area contributed by atoms with E-state index >= 15 is 0 Å². The maximum atomic E-state index is 12.9. The second-order valence-corrected chi connectivity index (χ2v) is 7.79. The molecule has 2 aromatic rings. The molecule has 4 heteroatoms. The first-order valence-corrected chi connectivity index (χ1v) is 10.1. The van der Waals surface area contributed by atoms with Crippen molar-refractivity contribution in [2.45, 2.75) is 19.5 Å². The Kier molecular flexibility index (Phi) is 5.85. The highest BCUT2D eigenvalue weighted by Crippen LogP contribution is 2.21. The molecule has 0 aromatic heterocycles. The fourth-order valence-corrected chi connectivity index (χ4v) is 4.25. The number of piperazine rings is 1. The van der Waals surface area contributed by atoms with Crippen LogP contribution in [0.4, 0.5) is 0 Å². The second-order valence-electron chi connectivity index (χ2n) is 7.79. The lowest BCUT2D eigenvalue weighted by molar-refractivity contribution is -0.137. The molecule has 0 radical (unpaired) electrons. The number of nitrogens with zero attached hydrogens (tertiary/aromatic N) is 3. The molecule has 0 saturated carbocycles. The third-order valence-corrected chi connectivity index (χ3v) is 5.80. The van der Waals surface area contributed by atoms with E-state index in [9.17, 15) is 4.79 Å². The zero-order valence-electron chi connectivity index (χ0n) is 16.0. The van der Waals surface area contributed by atoms with Crippen LogP contribution in [0.1, 0.15) is 17.5 Å². The zero-order chi connectivity index (χ0) is 18.5. The van der Waals surface area contributed by atoms with E-state index in [2.05, 4.69) is 75.4 Å². The minimum atomic E-state index is 0.175. The van der Waals surface area contributed by atoms with Gasteiger partial charge in [0.05, 0.1) is 5.92 Å². The lowest BCUT2D eigenvalue weighted by Crippen LogP contribution is -2.50. The molecule has 2 saturated heterocycles. The summed E-state index contributed by atoms with van der Waals surface area (Å²) in [5.74, 6) is 0.541. The van der Waals surface area contributed by atoms with Crippen molar-refractivity contribution in [3.05, 3.63) is 71.8 Å². The van der Waals surface area contributed by atoms with Crippen molar-refractivity contribution in [1.29, 1.82) is 0 Å². The smallest absolute Gasteiger partial charge is 0.227 e. The molecule has 0 aliphatic carbocycles. The standard InChI is InChI=1S/C23H29N3O/c27-23(22-11-12-25(19-22)18-21-9-5-2-6-10-21)26-15-13-24(14-16-26)17-20-7-3-1-4-8-20/h1-10,22H,11-19H2. The van der Waals surface area contributed by atoms with E-state index in [4.69, 9.17) is 0 Å². The van der Waals surface area contributed by atoms with Crippen LogP contribution in [0.2, 0.25) is 0 Å². The Morgan fingerprint density at radius 1 is 0.741 bits per heavy atom. The first-order valence-electron chi connectivity index (χ1n) is 10.1. The van der Waals surface area contributed by atoms with Crippen molar-refractivity contribution in [1.82, 2.24) is 14.7 Å². The molecule has 27 heavy (non-hydrogen) atoms. The Bertz CT molecular complexity index is 726.